The van der Waals surface area contributed by atoms with Gasteiger partial charge in [0.2, 0.25) is 0 Å². The van der Waals surface area contributed by atoms with Crippen LogP contribution in [0.1, 0.15) is 16.7 Å². The molecule has 0 aliphatic carbocycles. The van der Waals surface area contributed by atoms with Gasteiger partial charge in [0.15, 0.2) is 0 Å². The van der Waals surface area contributed by atoms with E-state index in [0.717, 1.165) is 5.56 Å². The number of rotatable bonds is 8. The van der Waals surface area contributed by atoms with Crippen LogP contribution in [0.2, 0.25) is 5.02 Å². The molecule has 0 saturated carbocycles. The average Bonchev–Trinajstić information content (AvgIpc) is 2.66. The Morgan fingerprint density at radius 3 is 2.48 bits per heavy atom. The molecule has 0 aliphatic rings. The highest BCUT2D eigenvalue weighted by molar-refractivity contribution is 6.31. The highest BCUT2D eigenvalue weighted by Gasteiger charge is 2.08. The van der Waals surface area contributed by atoms with Crippen LogP contribution in [0.15, 0.2) is 66.7 Å². The van der Waals surface area contributed by atoms with Gasteiger partial charge in [-0.15, -0.1) is 0 Å². The van der Waals surface area contributed by atoms with E-state index in [1.807, 2.05) is 30.3 Å². The molecule has 0 fully saturated rings. The fraction of sp³-hybridized carbons (Fsp3) is 0.182. The summed E-state index contributed by atoms with van der Waals surface area (Å²) in [7, 11) is 0. The molecule has 0 saturated heterocycles. The second kappa shape index (κ2) is 9.49. The number of nitrogens with one attached hydrogen (secondary N) is 1. The number of halogens is 3. The molecule has 2 nitrogen and oxygen atoms in total. The van der Waals surface area contributed by atoms with Crippen LogP contribution in [0.3, 0.4) is 0 Å². The summed E-state index contributed by atoms with van der Waals surface area (Å²) >= 11 is 6.02. The molecule has 0 aromatic heterocycles. The van der Waals surface area contributed by atoms with Gasteiger partial charge in [-0.25, -0.2) is 8.78 Å². The van der Waals surface area contributed by atoms with E-state index >= 15 is 0 Å². The number of benzene rings is 3. The molecule has 0 aliphatic heterocycles. The minimum atomic E-state index is -0.381. The first kappa shape index (κ1) is 19.3. The Hall–Kier alpha value is -2.43. The molecule has 3 aromatic carbocycles. The van der Waals surface area contributed by atoms with Crippen LogP contribution in [0.25, 0.3) is 0 Å². The Morgan fingerprint density at radius 2 is 1.67 bits per heavy atom. The number of ether oxygens (including phenoxy) is 1. The van der Waals surface area contributed by atoms with Crippen molar-refractivity contribution >= 4 is 11.6 Å². The standard InChI is InChI=1S/C22H20ClF2NO/c23-20-8-4-10-22(25)19(20)15-27-18-7-3-5-16(13-18)14-26-12-11-17-6-1-2-9-21(17)24/h1-10,13,26H,11-12,14-15H2. The zero-order valence-corrected chi connectivity index (χ0v) is 15.5. The summed E-state index contributed by atoms with van der Waals surface area (Å²) in [5, 5.41) is 3.64. The molecule has 5 heteroatoms. The SMILES string of the molecule is Fc1ccccc1CCNCc1cccc(OCc2c(F)cccc2Cl)c1. The van der Waals surface area contributed by atoms with Crippen molar-refractivity contribution < 1.29 is 13.5 Å². The second-order valence-electron chi connectivity index (χ2n) is 6.15. The Labute approximate surface area is 162 Å². The van der Waals surface area contributed by atoms with Crippen molar-refractivity contribution in [2.45, 2.75) is 19.6 Å². The van der Waals surface area contributed by atoms with E-state index in [1.54, 1.807) is 24.3 Å². The average molecular weight is 388 g/mol. The third kappa shape index (κ3) is 5.52. The fourth-order valence-corrected chi connectivity index (χ4v) is 2.95. The topological polar surface area (TPSA) is 21.3 Å². The molecule has 1 N–H and O–H groups in total. The molecular weight excluding hydrogens is 368 g/mol. The van der Waals surface area contributed by atoms with Crippen LogP contribution in [0, 0.1) is 11.6 Å². The third-order valence-electron chi connectivity index (χ3n) is 4.20. The molecule has 3 aromatic rings. The van der Waals surface area contributed by atoms with Gasteiger partial charge >= 0.3 is 0 Å². The lowest BCUT2D eigenvalue weighted by Crippen LogP contribution is -2.17. The summed E-state index contributed by atoms with van der Waals surface area (Å²) in [6.07, 6.45) is 0.620. The van der Waals surface area contributed by atoms with Crippen molar-refractivity contribution in [1.82, 2.24) is 5.32 Å². The Morgan fingerprint density at radius 1 is 0.889 bits per heavy atom. The van der Waals surface area contributed by atoms with Gasteiger partial charge in [-0.2, -0.15) is 0 Å². The molecule has 3 rings (SSSR count). The zero-order valence-electron chi connectivity index (χ0n) is 14.7. The molecule has 0 bridgehead atoms. The van der Waals surface area contributed by atoms with Crippen LogP contribution < -0.4 is 10.1 Å². The maximum Gasteiger partial charge on any atom is 0.131 e. The second-order valence-corrected chi connectivity index (χ2v) is 6.56. The van der Waals surface area contributed by atoms with E-state index in [0.29, 0.717) is 41.4 Å². The smallest absolute Gasteiger partial charge is 0.131 e. The van der Waals surface area contributed by atoms with Crippen LogP contribution >= 0.6 is 11.6 Å². The molecule has 0 amide bonds. The first-order valence-electron chi connectivity index (χ1n) is 8.72. The Balaban J connectivity index is 1.51. The zero-order chi connectivity index (χ0) is 19.1. The molecule has 0 atom stereocenters. The summed E-state index contributed by atoms with van der Waals surface area (Å²) in [5.74, 6) is 0.0812. The monoisotopic (exact) mass is 387 g/mol. The van der Waals surface area contributed by atoms with E-state index in [2.05, 4.69) is 5.32 Å². The maximum atomic E-state index is 13.8. The van der Waals surface area contributed by atoms with Crippen LogP contribution in [-0.2, 0) is 19.6 Å². The van der Waals surface area contributed by atoms with Crippen molar-refractivity contribution in [1.29, 1.82) is 0 Å². The molecule has 140 valence electrons. The van der Waals surface area contributed by atoms with E-state index in [1.165, 1.54) is 12.1 Å². The fourth-order valence-electron chi connectivity index (χ4n) is 2.73. The van der Waals surface area contributed by atoms with Crippen LogP contribution in [0.5, 0.6) is 5.75 Å². The molecule has 27 heavy (non-hydrogen) atoms. The van der Waals surface area contributed by atoms with Crippen molar-refractivity contribution in [3.8, 4) is 5.75 Å². The van der Waals surface area contributed by atoms with Crippen molar-refractivity contribution in [2.75, 3.05) is 6.54 Å². The van der Waals surface area contributed by atoms with E-state index in [4.69, 9.17) is 16.3 Å². The van der Waals surface area contributed by atoms with Gasteiger partial charge in [-0.1, -0.05) is 48.0 Å². The quantitative estimate of drug-likeness (QED) is 0.513. The minimum Gasteiger partial charge on any atom is -0.489 e. The van der Waals surface area contributed by atoms with E-state index < -0.39 is 0 Å². The van der Waals surface area contributed by atoms with Crippen molar-refractivity contribution in [3.05, 3.63) is 100 Å². The highest BCUT2D eigenvalue weighted by Crippen LogP contribution is 2.22. The molecular formula is C22H20ClF2NO. The summed E-state index contributed by atoms with van der Waals surface area (Å²) in [6, 6.07) is 18.9. The van der Waals surface area contributed by atoms with Crippen molar-refractivity contribution in [2.24, 2.45) is 0 Å². The summed E-state index contributed by atoms with van der Waals surface area (Å²) < 4.78 is 33.1. The third-order valence-corrected chi connectivity index (χ3v) is 4.56. The van der Waals surface area contributed by atoms with Gasteiger partial charge < -0.3 is 10.1 Å². The minimum absolute atomic E-state index is 0.0652. The molecule has 0 spiro atoms. The normalized spacial score (nSPS) is 10.8. The number of hydrogen-bond acceptors (Lipinski definition) is 2. The largest absolute Gasteiger partial charge is 0.489 e. The van der Waals surface area contributed by atoms with Crippen molar-refractivity contribution in [3.63, 3.8) is 0 Å². The van der Waals surface area contributed by atoms with Gasteiger partial charge in [0.05, 0.1) is 5.02 Å². The van der Waals surface area contributed by atoms with Gasteiger partial charge in [-0.05, 0) is 54.4 Å². The Bertz CT molecular complexity index is 881. The lowest BCUT2D eigenvalue weighted by atomic mass is 10.1. The lowest BCUT2D eigenvalue weighted by Gasteiger charge is -2.11. The van der Waals surface area contributed by atoms with Gasteiger partial charge in [0, 0.05) is 12.1 Å². The summed E-state index contributed by atoms with van der Waals surface area (Å²) in [5.41, 5.74) is 2.07. The first-order valence-corrected chi connectivity index (χ1v) is 9.10. The molecule has 0 unspecified atom stereocenters. The van der Waals surface area contributed by atoms with Crippen LogP contribution in [-0.4, -0.2) is 6.54 Å². The van der Waals surface area contributed by atoms with Gasteiger partial charge in [-0.3, -0.25) is 0 Å². The summed E-state index contributed by atoms with van der Waals surface area (Å²) in [4.78, 5) is 0. The maximum absolute atomic E-state index is 13.8. The molecule has 0 heterocycles. The van der Waals surface area contributed by atoms with E-state index in [-0.39, 0.29) is 18.2 Å². The lowest BCUT2D eigenvalue weighted by molar-refractivity contribution is 0.299. The highest BCUT2D eigenvalue weighted by atomic mass is 35.5. The van der Waals surface area contributed by atoms with E-state index in [9.17, 15) is 8.78 Å². The predicted molar refractivity (Wildman–Crippen MR) is 104 cm³/mol. The van der Waals surface area contributed by atoms with Crippen LogP contribution in [0.4, 0.5) is 8.78 Å². The Kier molecular flexibility index (Phi) is 6.80. The summed E-state index contributed by atoms with van der Waals surface area (Å²) in [6.45, 7) is 1.36. The van der Waals surface area contributed by atoms with Gasteiger partial charge in [0.1, 0.15) is 24.0 Å². The molecule has 0 radical (unpaired) electrons. The predicted octanol–water partition coefficient (Wildman–Crippen LogP) is 5.53. The van der Waals surface area contributed by atoms with Gasteiger partial charge in [0.25, 0.3) is 0 Å². The first-order chi connectivity index (χ1) is 13.1. The number of hydrogen-bond donors (Lipinski definition) is 1.